The van der Waals surface area contributed by atoms with Crippen molar-refractivity contribution in [2.75, 3.05) is 6.61 Å². The molecule has 0 aromatic heterocycles. The van der Waals surface area contributed by atoms with Crippen molar-refractivity contribution in [1.29, 1.82) is 0 Å². The molecule has 0 amide bonds. The zero-order chi connectivity index (χ0) is 7.98. The second kappa shape index (κ2) is 5.24. The summed E-state index contributed by atoms with van der Waals surface area (Å²) in [6.07, 6.45) is 4.60. The van der Waals surface area contributed by atoms with Crippen molar-refractivity contribution < 1.29 is 5.11 Å². The maximum atomic E-state index is 8.42. The van der Waals surface area contributed by atoms with Crippen LogP contribution in [0.3, 0.4) is 0 Å². The van der Waals surface area contributed by atoms with Crippen LogP contribution in [-0.4, -0.2) is 11.7 Å². The highest BCUT2D eigenvalue weighted by atomic mass is 16.2. The zero-order valence-corrected chi connectivity index (χ0v) is 6.80. The molecule has 0 aliphatic heterocycles. The van der Waals surface area contributed by atoms with Gasteiger partial charge in [-0.3, -0.25) is 0 Å². The van der Waals surface area contributed by atoms with Crippen molar-refractivity contribution in [3.05, 3.63) is 24.3 Å². The molecule has 0 spiro atoms. The van der Waals surface area contributed by atoms with Crippen LogP contribution < -0.4 is 0 Å². The van der Waals surface area contributed by atoms with Gasteiger partial charge >= 0.3 is 0 Å². The van der Waals surface area contributed by atoms with Crippen molar-refractivity contribution in [2.45, 2.75) is 20.3 Å². The van der Waals surface area contributed by atoms with Crippen LogP contribution in [0, 0.1) is 5.92 Å². The Bertz CT molecular complexity index is 123. The van der Waals surface area contributed by atoms with Crippen LogP contribution in [0.5, 0.6) is 0 Å². The van der Waals surface area contributed by atoms with Crippen LogP contribution in [-0.2, 0) is 0 Å². The Morgan fingerprint density at radius 1 is 1.60 bits per heavy atom. The summed E-state index contributed by atoms with van der Waals surface area (Å²) >= 11 is 0. The highest BCUT2D eigenvalue weighted by molar-refractivity contribution is 5.14. The molecule has 0 unspecified atom stereocenters. The molecule has 1 N–H and O–H groups in total. The topological polar surface area (TPSA) is 20.2 Å². The molecule has 0 radical (unpaired) electrons. The molecule has 0 bridgehead atoms. The van der Waals surface area contributed by atoms with Gasteiger partial charge in [0.05, 0.1) is 6.61 Å². The molecule has 0 saturated heterocycles. The predicted molar refractivity (Wildman–Crippen MR) is 44.8 cm³/mol. The second-order valence-corrected chi connectivity index (χ2v) is 2.84. The molecule has 0 aliphatic carbocycles. The molecular weight excluding hydrogens is 124 g/mol. The summed E-state index contributed by atoms with van der Waals surface area (Å²) in [5, 5.41) is 8.42. The van der Waals surface area contributed by atoms with E-state index in [0.717, 1.165) is 12.0 Å². The molecule has 10 heavy (non-hydrogen) atoms. The minimum absolute atomic E-state index is 0.108. The molecule has 0 rings (SSSR count). The molecule has 0 heterocycles. The van der Waals surface area contributed by atoms with E-state index in [9.17, 15) is 0 Å². The standard InChI is InChI=1S/C9H16O/c1-8(2)7-9(3)5-4-6-10/h4-5,8,10H,3,6-7H2,1-2H3/b5-4+. The van der Waals surface area contributed by atoms with E-state index in [1.807, 2.05) is 6.08 Å². The summed E-state index contributed by atoms with van der Waals surface area (Å²) in [6, 6.07) is 0. The summed E-state index contributed by atoms with van der Waals surface area (Å²) in [6.45, 7) is 8.24. The van der Waals surface area contributed by atoms with Gasteiger partial charge in [-0.1, -0.05) is 38.2 Å². The van der Waals surface area contributed by atoms with Crippen molar-refractivity contribution in [1.82, 2.24) is 0 Å². The Labute approximate surface area is 63.1 Å². The molecule has 0 aromatic carbocycles. The minimum atomic E-state index is 0.108. The van der Waals surface area contributed by atoms with Gasteiger partial charge in [0.1, 0.15) is 0 Å². The van der Waals surface area contributed by atoms with Crippen LogP contribution in [0.2, 0.25) is 0 Å². The predicted octanol–water partition coefficient (Wildman–Crippen LogP) is 2.14. The van der Waals surface area contributed by atoms with Gasteiger partial charge in [0.25, 0.3) is 0 Å². The highest BCUT2D eigenvalue weighted by Gasteiger charge is 1.93. The average molecular weight is 140 g/mol. The summed E-state index contributed by atoms with van der Waals surface area (Å²) in [5.74, 6) is 0.649. The lowest BCUT2D eigenvalue weighted by molar-refractivity contribution is 0.342. The molecule has 0 aliphatic rings. The van der Waals surface area contributed by atoms with Crippen LogP contribution in [0.4, 0.5) is 0 Å². The number of aliphatic hydroxyl groups excluding tert-OH is 1. The normalized spacial score (nSPS) is 11.2. The van der Waals surface area contributed by atoms with Gasteiger partial charge < -0.3 is 5.11 Å². The fourth-order valence-electron chi connectivity index (χ4n) is 0.812. The van der Waals surface area contributed by atoms with E-state index in [2.05, 4.69) is 20.4 Å². The minimum Gasteiger partial charge on any atom is -0.392 e. The summed E-state index contributed by atoms with van der Waals surface area (Å²) < 4.78 is 0. The summed E-state index contributed by atoms with van der Waals surface area (Å²) in [5.41, 5.74) is 1.09. The molecule has 0 saturated carbocycles. The van der Waals surface area contributed by atoms with Crippen molar-refractivity contribution in [3.63, 3.8) is 0 Å². The fourth-order valence-corrected chi connectivity index (χ4v) is 0.812. The quantitative estimate of drug-likeness (QED) is 0.593. The van der Waals surface area contributed by atoms with Crippen LogP contribution in [0.15, 0.2) is 24.3 Å². The van der Waals surface area contributed by atoms with E-state index < -0.39 is 0 Å². The second-order valence-electron chi connectivity index (χ2n) is 2.84. The van der Waals surface area contributed by atoms with E-state index >= 15 is 0 Å². The van der Waals surface area contributed by atoms with Gasteiger partial charge in [0.15, 0.2) is 0 Å². The maximum Gasteiger partial charge on any atom is 0.0615 e. The van der Waals surface area contributed by atoms with E-state index in [-0.39, 0.29) is 6.61 Å². The van der Waals surface area contributed by atoms with Gasteiger partial charge in [0, 0.05) is 0 Å². The molecule has 0 fully saturated rings. The van der Waals surface area contributed by atoms with Crippen LogP contribution >= 0.6 is 0 Å². The molecular formula is C9H16O. The first-order valence-corrected chi connectivity index (χ1v) is 3.62. The SMILES string of the molecule is C=C(/C=C/CO)CC(C)C. The Kier molecular flexibility index (Phi) is 4.95. The highest BCUT2D eigenvalue weighted by Crippen LogP contribution is 2.08. The van der Waals surface area contributed by atoms with Gasteiger partial charge in [0.2, 0.25) is 0 Å². The monoisotopic (exact) mass is 140 g/mol. The van der Waals surface area contributed by atoms with Gasteiger partial charge in [-0.25, -0.2) is 0 Å². The fraction of sp³-hybridized carbons (Fsp3) is 0.556. The molecule has 1 heteroatoms. The number of hydrogen-bond donors (Lipinski definition) is 1. The van der Waals surface area contributed by atoms with E-state index in [4.69, 9.17) is 5.11 Å². The molecule has 58 valence electrons. The van der Waals surface area contributed by atoms with E-state index in [1.165, 1.54) is 0 Å². The lowest BCUT2D eigenvalue weighted by atomic mass is 10.0. The number of hydrogen-bond acceptors (Lipinski definition) is 1. The number of aliphatic hydroxyl groups is 1. The number of allylic oxidation sites excluding steroid dienone is 2. The Balaban J connectivity index is 3.54. The summed E-state index contributed by atoms with van der Waals surface area (Å²) in [4.78, 5) is 0. The Morgan fingerprint density at radius 2 is 2.20 bits per heavy atom. The largest absolute Gasteiger partial charge is 0.392 e. The van der Waals surface area contributed by atoms with Gasteiger partial charge in [-0.2, -0.15) is 0 Å². The van der Waals surface area contributed by atoms with Crippen LogP contribution in [0.25, 0.3) is 0 Å². The van der Waals surface area contributed by atoms with Crippen LogP contribution in [0.1, 0.15) is 20.3 Å². The first-order chi connectivity index (χ1) is 4.66. The first kappa shape index (κ1) is 9.44. The van der Waals surface area contributed by atoms with E-state index in [1.54, 1.807) is 6.08 Å². The lowest BCUT2D eigenvalue weighted by Crippen LogP contribution is -1.87. The first-order valence-electron chi connectivity index (χ1n) is 3.62. The zero-order valence-electron chi connectivity index (χ0n) is 6.80. The smallest absolute Gasteiger partial charge is 0.0615 e. The Morgan fingerprint density at radius 3 is 2.60 bits per heavy atom. The van der Waals surface area contributed by atoms with Crippen molar-refractivity contribution in [2.24, 2.45) is 5.92 Å². The Hall–Kier alpha value is -0.560. The molecule has 1 nitrogen and oxygen atoms in total. The van der Waals surface area contributed by atoms with Crippen molar-refractivity contribution in [3.8, 4) is 0 Å². The third kappa shape index (κ3) is 5.57. The van der Waals surface area contributed by atoms with Crippen molar-refractivity contribution >= 4 is 0 Å². The lowest BCUT2D eigenvalue weighted by Gasteiger charge is -2.02. The number of rotatable bonds is 4. The van der Waals surface area contributed by atoms with Gasteiger partial charge in [-0.05, 0) is 12.3 Å². The average Bonchev–Trinajstić information content (AvgIpc) is 1.82. The third-order valence-corrected chi connectivity index (χ3v) is 1.13. The van der Waals surface area contributed by atoms with Gasteiger partial charge in [-0.15, -0.1) is 0 Å². The maximum absolute atomic E-state index is 8.42. The van der Waals surface area contributed by atoms with E-state index in [0.29, 0.717) is 5.92 Å². The molecule has 0 aromatic rings. The molecule has 0 atom stereocenters. The third-order valence-electron chi connectivity index (χ3n) is 1.13. The summed E-state index contributed by atoms with van der Waals surface area (Å²) in [7, 11) is 0.